The van der Waals surface area contributed by atoms with Gasteiger partial charge in [-0.25, -0.2) is 0 Å². The molecule has 142 valence electrons. The van der Waals surface area contributed by atoms with Crippen LogP contribution >= 0.6 is 0 Å². The highest BCUT2D eigenvalue weighted by Crippen LogP contribution is 2.47. The summed E-state index contributed by atoms with van der Waals surface area (Å²) in [6, 6.07) is 12.2. The van der Waals surface area contributed by atoms with Crippen LogP contribution < -0.4 is 4.74 Å². The highest BCUT2D eigenvalue weighted by atomic mass is 19.4. The standard InChI is InChI=1S/C21H21F3N2O/c1-14(19-7-6-17(11-25-19)27-13-21(22,23)24)18-10-20(18)26-9-8-15-4-2-3-5-16(15)12-26/h2-9,11,14,18,20H,10,12-13H2,1H3/t14-,18?,20?/m1/s1. The zero-order valence-electron chi connectivity index (χ0n) is 15.0. The lowest BCUT2D eigenvalue weighted by atomic mass is 10.00. The van der Waals surface area contributed by atoms with Gasteiger partial charge in [0.25, 0.3) is 0 Å². The maximum absolute atomic E-state index is 12.2. The van der Waals surface area contributed by atoms with E-state index in [-0.39, 0.29) is 11.7 Å². The molecule has 3 atom stereocenters. The number of ether oxygens (including phenoxy) is 1. The van der Waals surface area contributed by atoms with Crippen molar-refractivity contribution in [1.82, 2.24) is 9.88 Å². The van der Waals surface area contributed by atoms with Gasteiger partial charge in [0.2, 0.25) is 0 Å². The van der Waals surface area contributed by atoms with E-state index in [0.717, 1.165) is 18.7 Å². The highest BCUT2D eigenvalue weighted by molar-refractivity contribution is 5.55. The van der Waals surface area contributed by atoms with Crippen molar-refractivity contribution >= 4 is 6.08 Å². The Balaban J connectivity index is 1.35. The Bertz CT molecular complexity index is 832. The fourth-order valence-corrected chi connectivity index (χ4v) is 3.74. The second-order valence-electron chi connectivity index (χ2n) is 7.27. The van der Waals surface area contributed by atoms with Gasteiger partial charge in [-0.15, -0.1) is 0 Å². The van der Waals surface area contributed by atoms with E-state index in [1.54, 1.807) is 12.1 Å². The lowest BCUT2D eigenvalue weighted by molar-refractivity contribution is -0.153. The van der Waals surface area contributed by atoms with Crippen LogP contribution in [0.1, 0.15) is 36.1 Å². The van der Waals surface area contributed by atoms with Gasteiger partial charge in [0.05, 0.1) is 6.20 Å². The Labute approximate surface area is 156 Å². The molecule has 0 bridgehead atoms. The lowest BCUT2D eigenvalue weighted by Crippen LogP contribution is -2.24. The first-order valence-electron chi connectivity index (χ1n) is 9.08. The molecule has 2 aliphatic rings. The van der Waals surface area contributed by atoms with Crippen LogP contribution in [0.5, 0.6) is 5.75 Å². The minimum Gasteiger partial charge on any atom is -0.483 e. The van der Waals surface area contributed by atoms with Gasteiger partial charge >= 0.3 is 6.18 Å². The topological polar surface area (TPSA) is 25.4 Å². The van der Waals surface area contributed by atoms with Crippen molar-refractivity contribution in [2.45, 2.75) is 38.0 Å². The predicted octanol–water partition coefficient (Wildman–Crippen LogP) is 5.00. The summed E-state index contributed by atoms with van der Waals surface area (Å²) in [7, 11) is 0. The number of alkyl halides is 3. The normalized spacial score (nSPS) is 22.3. The van der Waals surface area contributed by atoms with E-state index in [4.69, 9.17) is 4.74 Å². The minimum atomic E-state index is -4.34. The number of halogens is 3. The largest absolute Gasteiger partial charge is 0.483 e. The van der Waals surface area contributed by atoms with Gasteiger partial charge in [0, 0.05) is 30.4 Å². The number of aromatic nitrogens is 1. The summed E-state index contributed by atoms with van der Waals surface area (Å²) in [6.07, 6.45) is 2.46. The molecule has 1 fully saturated rings. The third-order valence-corrected chi connectivity index (χ3v) is 5.35. The van der Waals surface area contributed by atoms with Crippen molar-refractivity contribution in [1.29, 1.82) is 0 Å². The van der Waals surface area contributed by atoms with Crippen molar-refractivity contribution in [3.05, 3.63) is 65.6 Å². The second kappa shape index (κ2) is 6.91. The van der Waals surface area contributed by atoms with Gasteiger partial charge in [-0.3, -0.25) is 4.98 Å². The number of nitrogens with zero attached hydrogens (tertiary/aromatic N) is 2. The summed E-state index contributed by atoms with van der Waals surface area (Å²) in [5.41, 5.74) is 3.50. The molecule has 0 radical (unpaired) electrons. The summed E-state index contributed by atoms with van der Waals surface area (Å²) in [5.74, 6) is 0.887. The molecule has 0 saturated heterocycles. The molecule has 0 N–H and O–H groups in total. The number of rotatable bonds is 5. The van der Waals surface area contributed by atoms with E-state index >= 15 is 0 Å². The molecule has 0 amide bonds. The van der Waals surface area contributed by atoms with Crippen molar-refractivity contribution in [2.24, 2.45) is 5.92 Å². The van der Waals surface area contributed by atoms with Gasteiger partial charge in [-0.2, -0.15) is 13.2 Å². The van der Waals surface area contributed by atoms with Gasteiger partial charge < -0.3 is 9.64 Å². The summed E-state index contributed by atoms with van der Waals surface area (Å²) < 4.78 is 41.4. The summed E-state index contributed by atoms with van der Waals surface area (Å²) in [5, 5.41) is 0. The second-order valence-corrected chi connectivity index (χ2v) is 7.27. The Morgan fingerprint density at radius 2 is 2.04 bits per heavy atom. The highest BCUT2D eigenvalue weighted by Gasteiger charge is 2.45. The fourth-order valence-electron chi connectivity index (χ4n) is 3.74. The van der Waals surface area contributed by atoms with Crippen molar-refractivity contribution < 1.29 is 17.9 Å². The molecule has 0 spiro atoms. The molecule has 1 aromatic heterocycles. The van der Waals surface area contributed by atoms with Crippen LogP contribution in [0.25, 0.3) is 6.08 Å². The van der Waals surface area contributed by atoms with Crippen molar-refractivity contribution in [3.8, 4) is 5.75 Å². The molecule has 1 aromatic carbocycles. The molecule has 1 saturated carbocycles. The maximum atomic E-state index is 12.2. The van der Waals surface area contributed by atoms with Gasteiger partial charge in [0.1, 0.15) is 5.75 Å². The van der Waals surface area contributed by atoms with E-state index in [1.807, 2.05) is 0 Å². The summed E-state index contributed by atoms with van der Waals surface area (Å²) in [4.78, 5) is 6.71. The monoisotopic (exact) mass is 374 g/mol. The zero-order valence-corrected chi connectivity index (χ0v) is 15.0. The Hall–Kier alpha value is -2.50. The fraction of sp³-hybridized carbons (Fsp3) is 0.381. The van der Waals surface area contributed by atoms with Crippen molar-refractivity contribution in [2.75, 3.05) is 6.61 Å². The van der Waals surface area contributed by atoms with E-state index in [9.17, 15) is 13.2 Å². The molecule has 27 heavy (non-hydrogen) atoms. The average molecular weight is 374 g/mol. The number of benzene rings is 1. The molecule has 4 rings (SSSR count). The molecule has 2 aromatic rings. The third kappa shape index (κ3) is 4.10. The number of fused-ring (bicyclic) bond motifs is 1. The van der Waals surface area contributed by atoms with Crippen LogP contribution in [0, 0.1) is 5.92 Å². The average Bonchev–Trinajstić information content (AvgIpc) is 3.46. The van der Waals surface area contributed by atoms with Crippen molar-refractivity contribution in [3.63, 3.8) is 0 Å². The predicted molar refractivity (Wildman–Crippen MR) is 97.1 cm³/mol. The summed E-state index contributed by atoms with van der Waals surface area (Å²) in [6.45, 7) is 1.75. The van der Waals surface area contributed by atoms with Crippen LogP contribution in [0.2, 0.25) is 0 Å². The Morgan fingerprint density at radius 3 is 2.78 bits per heavy atom. The lowest BCUT2D eigenvalue weighted by Gasteiger charge is -2.26. The number of pyridine rings is 1. The first-order valence-corrected chi connectivity index (χ1v) is 9.08. The van der Waals surface area contributed by atoms with Gasteiger partial charge in [-0.1, -0.05) is 31.2 Å². The minimum absolute atomic E-state index is 0.145. The molecule has 3 nitrogen and oxygen atoms in total. The summed E-state index contributed by atoms with van der Waals surface area (Å²) >= 11 is 0. The molecular formula is C21H21F3N2O. The smallest absolute Gasteiger partial charge is 0.422 e. The zero-order chi connectivity index (χ0) is 19.0. The first kappa shape index (κ1) is 17.9. The Morgan fingerprint density at radius 1 is 1.22 bits per heavy atom. The molecule has 6 heteroatoms. The third-order valence-electron chi connectivity index (χ3n) is 5.35. The van der Waals surface area contributed by atoms with Gasteiger partial charge in [-0.05, 0) is 41.7 Å². The molecule has 2 unspecified atom stereocenters. The first-order chi connectivity index (χ1) is 12.9. The maximum Gasteiger partial charge on any atom is 0.422 e. The van der Waals surface area contributed by atoms with E-state index in [2.05, 4.69) is 53.3 Å². The Kier molecular flexibility index (Phi) is 4.58. The van der Waals surface area contributed by atoms with E-state index in [1.165, 1.54) is 17.3 Å². The van der Waals surface area contributed by atoms with E-state index in [0.29, 0.717) is 12.0 Å². The number of hydrogen-bond acceptors (Lipinski definition) is 3. The van der Waals surface area contributed by atoms with Crippen LogP contribution in [0.3, 0.4) is 0 Å². The molecular weight excluding hydrogens is 353 g/mol. The van der Waals surface area contributed by atoms with Gasteiger partial charge in [0.15, 0.2) is 6.61 Å². The molecule has 1 aliphatic heterocycles. The molecule has 2 heterocycles. The van der Waals surface area contributed by atoms with Crippen LogP contribution in [0.15, 0.2) is 48.8 Å². The number of hydrogen-bond donors (Lipinski definition) is 0. The quantitative estimate of drug-likeness (QED) is 0.736. The van der Waals surface area contributed by atoms with E-state index < -0.39 is 12.8 Å². The molecule has 1 aliphatic carbocycles. The van der Waals surface area contributed by atoms with Crippen LogP contribution in [-0.2, 0) is 6.54 Å². The SMILES string of the molecule is C[C@@H](c1ccc(OCC(F)(F)F)cn1)C1CC1N1C=Cc2ccccc2C1. The van der Waals surface area contributed by atoms with Crippen LogP contribution in [0.4, 0.5) is 13.2 Å². The van der Waals surface area contributed by atoms with Crippen LogP contribution in [-0.4, -0.2) is 28.7 Å².